The van der Waals surface area contributed by atoms with Crippen molar-refractivity contribution in [3.63, 3.8) is 0 Å². The van der Waals surface area contributed by atoms with Crippen molar-refractivity contribution in [1.82, 2.24) is 0 Å². The monoisotopic (exact) mass is 297 g/mol. The summed E-state index contributed by atoms with van der Waals surface area (Å²) in [4.78, 5) is 11.5. The molecule has 0 fully saturated rings. The summed E-state index contributed by atoms with van der Waals surface area (Å²) in [7, 11) is 2.81. The van der Waals surface area contributed by atoms with Gasteiger partial charge in [0.2, 0.25) is 0 Å². The van der Waals surface area contributed by atoms with E-state index in [1.807, 2.05) is 12.1 Å². The molecule has 22 heavy (non-hydrogen) atoms. The molecule has 0 bridgehead atoms. The number of esters is 1. The highest BCUT2D eigenvalue weighted by Gasteiger charge is 2.12. The highest BCUT2D eigenvalue weighted by molar-refractivity contribution is 5.90. The van der Waals surface area contributed by atoms with Gasteiger partial charge in [0.1, 0.15) is 6.61 Å². The molecule has 5 heteroatoms. The Labute approximate surface area is 128 Å². The van der Waals surface area contributed by atoms with Crippen molar-refractivity contribution >= 4 is 5.97 Å². The summed E-state index contributed by atoms with van der Waals surface area (Å²) in [5, 5.41) is 9.06. The van der Waals surface area contributed by atoms with Crippen LogP contribution in [0.3, 0.4) is 0 Å². The Morgan fingerprint density at radius 3 is 2.59 bits per heavy atom. The maximum Gasteiger partial charge on any atom is 0.337 e. The average molecular weight is 297 g/mol. The molecular formula is C17H15NO4. The highest BCUT2D eigenvalue weighted by Crippen LogP contribution is 2.29. The molecule has 0 heterocycles. The lowest BCUT2D eigenvalue weighted by Crippen LogP contribution is -2.03. The van der Waals surface area contributed by atoms with Gasteiger partial charge in [-0.3, -0.25) is 0 Å². The zero-order chi connectivity index (χ0) is 15.9. The minimum Gasteiger partial charge on any atom is -0.493 e. The van der Waals surface area contributed by atoms with Gasteiger partial charge in [0, 0.05) is 5.56 Å². The van der Waals surface area contributed by atoms with Gasteiger partial charge in [0.25, 0.3) is 0 Å². The maximum atomic E-state index is 11.5. The number of carbonyl (C=O) groups is 1. The second-order valence-corrected chi connectivity index (χ2v) is 4.41. The molecule has 0 aliphatic rings. The molecule has 0 N–H and O–H groups in total. The minimum absolute atomic E-state index is 0.234. The third-order valence-corrected chi connectivity index (χ3v) is 3.11. The molecule has 2 aromatic carbocycles. The van der Waals surface area contributed by atoms with Crippen LogP contribution in [0, 0.1) is 11.3 Å². The molecule has 0 amide bonds. The van der Waals surface area contributed by atoms with Crippen molar-refractivity contribution in [3.05, 3.63) is 59.2 Å². The summed E-state index contributed by atoms with van der Waals surface area (Å²) in [6, 6.07) is 14.1. The first-order valence-electron chi connectivity index (χ1n) is 6.56. The number of nitrogens with zero attached hydrogens (tertiary/aromatic N) is 1. The third kappa shape index (κ3) is 3.36. The zero-order valence-electron chi connectivity index (χ0n) is 12.3. The van der Waals surface area contributed by atoms with Crippen LogP contribution in [-0.2, 0) is 11.3 Å². The number of ether oxygens (including phenoxy) is 3. The number of nitriles is 1. The van der Waals surface area contributed by atoms with Crippen LogP contribution in [0.25, 0.3) is 0 Å². The lowest BCUT2D eigenvalue weighted by Gasteiger charge is -2.12. The van der Waals surface area contributed by atoms with Crippen LogP contribution in [0.15, 0.2) is 42.5 Å². The molecule has 112 valence electrons. The van der Waals surface area contributed by atoms with Gasteiger partial charge in [-0.2, -0.15) is 5.26 Å². The normalized spacial score (nSPS) is 9.68. The minimum atomic E-state index is -0.445. The van der Waals surface area contributed by atoms with Gasteiger partial charge in [0.15, 0.2) is 11.5 Å². The van der Waals surface area contributed by atoms with Crippen LogP contribution < -0.4 is 9.47 Å². The topological polar surface area (TPSA) is 68.5 Å². The molecule has 0 spiro atoms. The van der Waals surface area contributed by atoms with Crippen LogP contribution in [-0.4, -0.2) is 20.2 Å². The molecule has 0 atom stereocenters. The van der Waals surface area contributed by atoms with Gasteiger partial charge in [0.05, 0.1) is 31.4 Å². The summed E-state index contributed by atoms with van der Waals surface area (Å²) in [6.45, 7) is 0.234. The van der Waals surface area contributed by atoms with Crippen LogP contribution in [0.2, 0.25) is 0 Å². The van der Waals surface area contributed by atoms with E-state index < -0.39 is 5.97 Å². The number of hydrogen-bond donors (Lipinski definition) is 0. The van der Waals surface area contributed by atoms with Crippen molar-refractivity contribution in [3.8, 4) is 17.6 Å². The van der Waals surface area contributed by atoms with Crippen molar-refractivity contribution in [2.24, 2.45) is 0 Å². The number of hydrogen-bond acceptors (Lipinski definition) is 5. The summed E-state index contributed by atoms with van der Waals surface area (Å²) >= 11 is 0. The van der Waals surface area contributed by atoms with Gasteiger partial charge < -0.3 is 14.2 Å². The smallest absolute Gasteiger partial charge is 0.337 e. The van der Waals surface area contributed by atoms with Crippen molar-refractivity contribution in [2.75, 3.05) is 14.2 Å². The van der Waals surface area contributed by atoms with Crippen LogP contribution >= 0.6 is 0 Å². The van der Waals surface area contributed by atoms with E-state index in [1.165, 1.54) is 14.2 Å². The van der Waals surface area contributed by atoms with E-state index in [9.17, 15) is 4.79 Å². The summed E-state index contributed by atoms with van der Waals surface area (Å²) in [6.07, 6.45) is 0. The molecule has 0 saturated heterocycles. The van der Waals surface area contributed by atoms with Crippen molar-refractivity contribution in [2.45, 2.75) is 6.61 Å². The largest absolute Gasteiger partial charge is 0.493 e. The first-order chi connectivity index (χ1) is 10.7. The number of rotatable bonds is 5. The predicted octanol–water partition coefficient (Wildman–Crippen LogP) is 2.93. The summed E-state index contributed by atoms with van der Waals surface area (Å²) in [5.41, 5.74) is 1.72. The number of methoxy groups -OCH3 is 2. The molecule has 0 saturated carbocycles. The fourth-order valence-electron chi connectivity index (χ4n) is 1.94. The Balaban J connectivity index is 2.19. The van der Waals surface area contributed by atoms with E-state index in [2.05, 4.69) is 10.8 Å². The predicted molar refractivity (Wildman–Crippen MR) is 79.8 cm³/mol. The summed E-state index contributed by atoms with van der Waals surface area (Å²) < 4.78 is 15.6. The molecule has 0 radical (unpaired) electrons. The molecule has 0 aliphatic heterocycles. The second-order valence-electron chi connectivity index (χ2n) is 4.41. The molecule has 0 unspecified atom stereocenters. The van der Waals surface area contributed by atoms with Gasteiger partial charge in [-0.15, -0.1) is 0 Å². The van der Waals surface area contributed by atoms with Crippen LogP contribution in [0.1, 0.15) is 21.5 Å². The lowest BCUT2D eigenvalue weighted by molar-refractivity contribution is 0.0600. The second kappa shape index (κ2) is 7.14. The van der Waals surface area contributed by atoms with E-state index in [0.717, 1.165) is 5.56 Å². The Morgan fingerprint density at radius 2 is 1.91 bits per heavy atom. The third-order valence-electron chi connectivity index (χ3n) is 3.11. The molecule has 0 aliphatic carbocycles. The Hall–Kier alpha value is -3.00. The van der Waals surface area contributed by atoms with Crippen LogP contribution in [0.4, 0.5) is 0 Å². The van der Waals surface area contributed by atoms with Crippen molar-refractivity contribution < 1.29 is 19.0 Å². The number of carbonyl (C=O) groups excluding carboxylic acids is 1. The Kier molecular flexibility index (Phi) is 4.99. The molecule has 0 aromatic heterocycles. The standard InChI is InChI=1S/C17H15NO4/c1-20-16-9-12(17(19)21-2)7-8-15(16)22-11-14-6-4-3-5-13(14)10-18/h3-9H,11H2,1-2H3. The van der Waals surface area contributed by atoms with Crippen LogP contribution in [0.5, 0.6) is 11.5 Å². The quantitative estimate of drug-likeness (QED) is 0.794. The van der Waals surface area contributed by atoms with Gasteiger partial charge in [-0.05, 0) is 24.3 Å². The van der Waals surface area contributed by atoms with Crippen molar-refractivity contribution in [1.29, 1.82) is 5.26 Å². The maximum absolute atomic E-state index is 11.5. The molecule has 2 aromatic rings. The van der Waals surface area contributed by atoms with E-state index in [0.29, 0.717) is 22.6 Å². The van der Waals surface area contributed by atoms with E-state index >= 15 is 0 Å². The van der Waals surface area contributed by atoms with E-state index in [4.69, 9.17) is 14.7 Å². The fourth-order valence-corrected chi connectivity index (χ4v) is 1.94. The van der Waals surface area contributed by atoms with E-state index in [-0.39, 0.29) is 6.61 Å². The summed E-state index contributed by atoms with van der Waals surface area (Å²) in [5.74, 6) is 0.472. The molecule has 2 rings (SSSR count). The molecule has 5 nitrogen and oxygen atoms in total. The van der Waals surface area contributed by atoms with Gasteiger partial charge in [-0.25, -0.2) is 4.79 Å². The Morgan fingerprint density at radius 1 is 1.14 bits per heavy atom. The van der Waals surface area contributed by atoms with E-state index in [1.54, 1.807) is 30.3 Å². The molecular weight excluding hydrogens is 282 g/mol. The average Bonchev–Trinajstić information content (AvgIpc) is 2.59. The fraction of sp³-hybridized carbons (Fsp3) is 0.176. The zero-order valence-corrected chi connectivity index (χ0v) is 12.3. The van der Waals surface area contributed by atoms with Gasteiger partial charge >= 0.3 is 5.97 Å². The highest BCUT2D eigenvalue weighted by atomic mass is 16.5. The number of benzene rings is 2. The first kappa shape index (κ1) is 15.4. The SMILES string of the molecule is COC(=O)c1ccc(OCc2ccccc2C#N)c(OC)c1. The lowest BCUT2D eigenvalue weighted by atomic mass is 10.1. The van der Waals surface area contributed by atoms with Gasteiger partial charge in [-0.1, -0.05) is 18.2 Å². The first-order valence-corrected chi connectivity index (χ1v) is 6.56. The Bertz CT molecular complexity index is 719.